The second kappa shape index (κ2) is 12.2. The lowest BCUT2D eigenvalue weighted by Gasteiger charge is -2.25. The summed E-state index contributed by atoms with van der Waals surface area (Å²) < 4.78 is 23.3. The van der Waals surface area contributed by atoms with E-state index >= 15 is 0 Å². The van der Waals surface area contributed by atoms with Gasteiger partial charge in [-0.2, -0.15) is 0 Å². The third kappa shape index (κ3) is 6.62. The van der Waals surface area contributed by atoms with Crippen molar-refractivity contribution < 1.29 is 18.8 Å². The predicted octanol–water partition coefficient (Wildman–Crippen LogP) is 6.60. The minimum Gasteiger partial charge on any atom is -0.482 e. The molecule has 1 heterocycles. The molecule has 3 aromatic rings. The van der Waals surface area contributed by atoms with E-state index in [4.69, 9.17) is 9.84 Å². The molecule has 2 atom stereocenters. The van der Waals surface area contributed by atoms with Gasteiger partial charge in [0.25, 0.3) is 0 Å². The molecule has 0 spiro atoms. The van der Waals surface area contributed by atoms with Crippen LogP contribution in [0.4, 0.5) is 0 Å². The number of aryl methyl sites for hydroxylation is 3. The molecule has 5 nitrogen and oxygen atoms in total. The highest BCUT2D eigenvalue weighted by Crippen LogP contribution is 2.36. The number of fused-ring (bicyclic) bond motifs is 1. The summed E-state index contributed by atoms with van der Waals surface area (Å²) in [6, 6.07) is 12.3. The second-order valence-electron chi connectivity index (χ2n) is 8.41. The Morgan fingerprint density at radius 2 is 1.94 bits per heavy atom. The molecule has 0 fully saturated rings. The molecule has 2 aromatic carbocycles. The molecule has 0 radical (unpaired) electrons. The largest absolute Gasteiger partial charge is 0.482 e. The number of carboxylic acid groups (broad SMARTS) is 1. The molecule has 2 unspecified atom stereocenters. The first-order chi connectivity index (χ1) is 16.2. The van der Waals surface area contributed by atoms with Crippen molar-refractivity contribution in [3.63, 3.8) is 0 Å². The number of carbonyl (C=O) groups is 1. The normalized spacial score (nSPS) is 13.4. The van der Waals surface area contributed by atoms with E-state index in [0.717, 1.165) is 46.2 Å². The number of thiophene rings is 1. The van der Waals surface area contributed by atoms with Crippen molar-refractivity contribution in [2.75, 3.05) is 19.7 Å². The molecular weight excluding hydrogens is 486 g/mol. The molecule has 184 valence electrons. The van der Waals surface area contributed by atoms with E-state index in [-0.39, 0.29) is 11.9 Å². The van der Waals surface area contributed by atoms with Gasteiger partial charge in [-0.3, -0.25) is 0 Å². The van der Waals surface area contributed by atoms with Gasteiger partial charge < -0.3 is 9.84 Å². The zero-order valence-electron chi connectivity index (χ0n) is 20.4. The monoisotopic (exact) mass is 519 g/mol. The molecule has 1 aromatic heterocycles. The fourth-order valence-corrected chi connectivity index (χ4v) is 8.11. The van der Waals surface area contributed by atoms with Crippen molar-refractivity contribution >= 4 is 50.1 Å². The van der Waals surface area contributed by atoms with Crippen LogP contribution >= 0.6 is 23.1 Å². The van der Waals surface area contributed by atoms with Crippen molar-refractivity contribution in [1.29, 1.82) is 0 Å². The van der Waals surface area contributed by atoms with Crippen LogP contribution in [0.3, 0.4) is 0 Å². The Labute approximate surface area is 213 Å². The highest BCUT2D eigenvalue weighted by Gasteiger charge is 2.23. The number of rotatable bonds is 12. The van der Waals surface area contributed by atoms with E-state index in [0.29, 0.717) is 5.75 Å². The number of carboxylic acids is 1. The van der Waals surface area contributed by atoms with E-state index in [1.54, 1.807) is 23.1 Å². The minimum atomic E-state index is -1.20. The first kappa shape index (κ1) is 26.7. The number of nitrogens with zero attached hydrogens (tertiary/aromatic N) is 1. The van der Waals surface area contributed by atoms with Crippen LogP contribution in [0.15, 0.2) is 45.5 Å². The van der Waals surface area contributed by atoms with Gasteiger partial charge in [0.15, 0.2) is 6.61 Å². The Bertz CT molecular complexity index is 1170. The Kier molecular flexibility index (Phi) is 9.59. The van der Waals surface area contributed by atoms with E-state index in [9.17, 15) is 9.00 Å². The summed E-state index contributed by atoms with van der Waals surface area (Å²) in [4.78, 5) is 11.9. The molecule has 34 heavy (non-hydrogen) atoms. The van der Waals surface area contributed by atoms with Gasteiger partial charge in [-0.1, -0.05) is 31.5 Å². The van der Waals surface area contributed by atoms with Crippen LogP contribution in [0.5, 0.6) is 5.75 Å². The Balaban J connectivity index is 1.76. The smallest absolute Gasteiger partial charge is 0.341 e. The Hall–Kier alpha value is -1.87. The molecular formula is C26H33NO4S3. The molecule has 1 N–H and O–H groups in total. The maximum absolute atomic E-state index is 13.7. The first-order valence-electron chi connectivity index (χ1n) is 11.5. The van der Waals surface area contributed by atoms with E-state index in [1.807, 2.05) is 25.1 Å². The Morgan fingerprint density at radius 1 is 1.18 bits per heavy atom. The van der Waals surface area contributed by atoms with Crippen LogP contribution in [0, 0.1) is 20.8 Å². The molecule has 0 aliphatic heterocycles. The van der Waals surface area contributed by atoms with Crippen LogP contribution in [0.1, 0.15) is 43.4 Å². The summed E-state index contributed by atoms with van der Waals surface area (Å²) in [6.07, 6.45) is 1.88. The van der Waals surface area contributed by atoms with Crippen LogP contribution < -0.4 is 4.74 Å². The molecule has 0 saturated heterocycles. The minimum absolute atomic E-state index is 0.276. The number of hydrogen-bond acceptors (Lipinski definition) is 5. The summed E-state index contributed by atoms with van der Waals surface area (Å²) >= 11 is 3.41. The number of aliphatic carboxylic acids is 1. The van der Waals surface area contributed by atoms with Crippen LogP contribution in [-0.2, 0) is 15.8 Å². The van der Waals surface area contributed by atoms with Crippen LogP contribution in [-0.4, -0.2) is 44.5 Å². The number of benzene rings is 2. The summed E-state index contributed by atoms with van der Waals surface area (Å²) in [5.74, 6) is -0.402. The zero-order valence-corrected chi connectivity index (χ0v) is 22.9. The fraction of sp³-hybridized carbons (Fsp3) is 0.423. The molecule has 3 rings (SSSR count). The molecule has 0 saturated carbocycles. The average Bonchev–Trinajstić information content (AvgIpc) is 3.12. The van der Waals surface area contributed by atoms with Gasteiger partial charge in [-0.15, -0.1) is 23.1 Å². The van der Waals surface area contributed by atoms with Gasteiger partial charge in [0.2, 0.25) is 0 Å². The van der Waals surface area contributed by atoms with E-state index in [2.05, 4.69) is 50.2 Å². The average molecular weight is 520 g/mol. The van der Waals surface area contributed by atoms with Crippen molar-refractivity contribution in [2.24, 2.45) is 0 Å². The second-order valence-corrected chi connectivity index (χ2v) is 12.5. The maximum Gasteiger partial charge on any atom is 0.341 e. The summed E-state index contributed by atoms with van der Waals surface area (Å²) in [6.45, 7) is 11.5. The van der Waals surface area contributed by atoms with Gasteiger partial charge in [0.1, 0.15) is 20.9 Å². The Morgan fingerprint density at radius 3 is 2.59 bits per heavy atom. The van der Waals surface area contributed by atoms with Crippen molar-refractivity contribution in [3.05, 3.63) is 53.1 Å². The van der Waals surface area contributed by atoms with E-state index < -0.39 is 17.0 Å². The molecule has 0 amide bonds. The van der Waals surface area contributed by atoms with Gasteiger partial charge in [-0.05, 0) is 74.4 Å². The van der Waals surface area contributed by atoms with Crippen molar-refractivity contribution in [1.82, 2.24) is 4.31 Å². The zero-order chi connectivity index (χ0) is 24.8. The molecule has 0 bridgehead atoms. The molecule has 8 heteroatoms. The fourth-order valence-electron chi connectivity index (χ4n) is 3.75. The van der Waals surface area contributed by atoms with Crippen molar-refractivity contribution in [2.45, 2.75) is 61.8 Å². The number of hydrogen-bond donors (Lipinski definition) is 1. The van der Waals surface area contributed by atoms with Gasteiger partial charge in [0, 0.05) is 27.9 Å². The third-order valence-corrected chi connectivity index (χ3v) is 10.1. The topological polar surface area (TPSA) is 66.8 Å². The lowest BCUT2D eigenvalue weighted by atomic mass is 10.1. The lowest BCUT2D eigenvalue weighted by molar-refractivity contribution is -0.139. The van der Waals surface area contributed by atoms with E-state index in [1.165, 1.54) is 15.6 Å². The first-order valence-corrected chi connectivity index (χ1v) is 14.3. The van der Waals surface area contributed by atoms with Crippen molar-refractivity contribution in [3.8, 4) is 5.75 Å². The molecule has 0 aliphatic carbocycles. The summed E-state index contributed by atoms with van der Waals surface area (Å²) in [7, 11) is -1.20. The summed E-state index contributed by atoms with van der Waals surface area (Å²) in [5, 5.41) is 10.3. The SMILES string of the molecule is CCCN(CC(CC)Sc1ccc(OCC(=O)O)c(C)c1)S(=O)c1sc2ccc(C)cc2c1C. The van der Waals surface area contributed by atoms with Gasteiger partial charge in [0.05, 0.1) is 0 Å². The maximum atomic E-state index is 13.7. The van der Waals surface area contributed by atoms with Gasteiger partial charge in [-0.25, -0.2) is 13.3 Å². The highest BCUT2D eigenvalue weighted by atomic mass is 32.2. The van der Waals surface area contributed by atoms with Crippen LogP contribution in [0.2, 0.25) is 0 Å². The third-order valence-electron chi connectivity index (χ3n) is 5.58. The summed E-state index contributed by atoms with van der Waals surface area (Å²) in [5.41, 5.74) is 3.25. The molecule has 0 aliphatic rings. The highest BCUT2D eigenvalue weighted by molar-refractivity contribution is 8.00. The van der Waals surface area contributed by atoms with Gasteiger partial charge >= 0.3 is 5.97 Å². The quantitative estimate of drug-likeness (QED) is 0.273. The number of ether oxygens (including phenoxy) is 1. The van der Waals surface area contributed by atoms with Crippen LogP contribution in [0.25, 0.3) is 10.1 Å². The standard InChI is InChI=1S/C26H33NO4S3/c1-6-12-27(34(30)26-19(5)22-13-17(3)8-11-24(22)33-26)15-20(7-2)32-21-9-10-23(18(4)14-21)31-16-25(28)29/h8-11,13-14,20H,6-7,12,15-16H2,1-5H3,(H,28,29). The lowest BCUT2D eigenvalue weighted by Crippen LogP contribution is -2.33. The number of thioether (sulfide) groups is 1. The predicted molar refractivity (Wildman–Crippen MR) is 144 cm³/mol.